The zero-order valence-corrected chi connectivity index (χ0v) is 18.6. The largest absolute Gasteiger partial charge is 0.478 e. The maximum atomic E-state index is 5.55. The average molecular weight is 386 g/mol. The van der Waals surface area contributed by atoms with E-state index in [9.17, 15) is 0 Å². The van der Waals surface area contributed by atoms with Gasteiger partial charge in [0.25, 0.3) is 5.88 Å². The molecule has 0 fully saturated rings. The topological polar surface area (TPSA) is 63.2 Å². The van der Waals surface area contributed by atoms with Crippen molar-refractivity contribution in [3.8, 4) is 17.1 Å². The third-order valence-corrected chi connectivity index (χ3v) is 5.31. The summed E-state index contributed by atoms with van der Waals surface area (Å²) in [4.78, 5) is 16.4. The molecule has 2 aromatic rings. The minimum atomic E-state index is 0.354. The SMILES string of the molecule is CCc1cc(N(C)C(C)C)ncc1-c1nc(OC)c(NC(CC)CC)nc1C. The number of anilines is 2. The van der Waals surface area contributed by atoms with Gasteiger partial charge in [0, 0.05) is 30.9 Å². The number of nitrogens with zero attached hydrogens (tertiary/aromatic N) is 4. The van der Waals surface area contributed by atoms with Gasteiger partial charge in [-0.05, 0) is 51.7 Å². The van der Waals surface area contributed by atoms with Crippen LogP contribution in [0.1, 0.15) is 58.7 Å². The average Bonchev–Trinajstić information content (AvgIpc) is 2.71. The first-order valence-corrected chi connectivity index (χ1v) is 10.3. The normalized spacial score (nSPS) is 11.2. The lowest BCUT2D eigenvalue weighted by molar-refractivity contribution is 0.397. The Balaban J connectivity index is 2.50. The lowest BCUT2D eigenvalue weighted by atomic mass is 10.0. The Morgan fingerprint density at radius 1 is 1.14 bits per heavy atom. The van der Waals surface area contributed by atoms with Gasteiger partial charge in [0.1, 0.15) is 5.82 Å². The highest BCUT2D eigenvalue weighted by atomic mass is 16.5. The summed E-state index contributed by atoms with van der Waals surface area (Å²) in [7, 11) is 3.71. The van der Waals surface area contributed by atoms with Crippen LogP contribution in [0.25, 0.3) is 11.3 Å². The van der Waals surface area contributed by atoms with Gasteiger partial charge in [-0.25, -0.2) is 15.0 Å². The third kappa shape index (κ3) is 4.72. The summed E-state index contributed by atoms with van der Waals surface area (Å²) in [6.07, 6.45) is 4.86. The summed E-state index contributed by atoms with van der Waals surface area (Å²) >= 11 is 0. The summed E-state index contributed by atoms with van der Waals surface area (Å²) in [5.74, 6) is 2.21. The van der Waals surface area contributed by atoms with Crippen LogP contribution in [-0.4, -0.2) is 41.2 Å². The van der Waals surface area contributed by atoms with E-state index < -0.39 is 0 Å². The molecule has 0 aliphatic rings. The Labute approximate surface area is 169 Å². The van der Waals surface area contributed by atoms with E-state index in [-0.39, 0.29) is 0 Å². The van der Waals surface area contributed by atoms with E-state index in [1.807, 2.05) is 13.1 Å². The molecule has 1 N–H and O–H groups in total. The highest BCUT2D eigenvalue weighted by Crippen LogP contribution is 2.31. The quantitative estimate of drug-likeness (QED) is 0.665. The lowest BCUT2D eigenvalue weighted by Gasteiger charge is -2.24. The molecule has 0 bridgehead atoms. The van der Waals surface area contributed by atoms with Crippen molar-refractivity contribution in [2.75, 3.05) is 24.4 Å². The minimum Gasteiger partial charge on any atom is -0.478 e. The number of aryl methyl sites for hydroxylation is 2. The monoisotopic (exact) mass is 385 g/mol. The van der Waals surface area contributed by atoms with Crippen LogP contribution in [0, 0.1) is 6.92 Å². The Hall–Kier alpha value is -2.37. The second-order valence-corrected chi connectivity index (χ2v) is 7.43. The van der Waals surface area contributed by atoms with Gasteiger partial charge in [0.05, 0.1) is 18.5 Å². The summed E-state index contributed by atoms with van der Waals surface area (Å²) in [6, 6.07) is 2.89. The molecular formula is C22H35N5O. The molecule has 0 spiro atoms. The van der Waals surface area contributed by atoms with Crippen LogP contribution in [0.2, 0.25) is 0 Å². The van der Waals surface area contributed by atoms with Crippen molar-refractivity contribution in [1.29, 1.82) is 0 Å². The molecule has 0 saturated heterocycles. The number of methoxy groups -OCH3 is 1. The fourth-order valence-electron chi connectivity index (χ4n) is 3.13. The molecule has 0 saturated carbocycles. The molecule has 0 aliphatic carbocycles. The summed E-state index contributed by atoms with van der Waals surface area (Å²) in [5.41, 5.74) is 3.92. The van der Waals surface area contributed by atoms with Gasteiger partial charge in [-0.3, -0.25) is 0 Å². The van der Waals surface area contributed by atoms with Crippen molar-refractivity contribution in [2.45, 2.75) is 72.9 Å². The van der Waals surface area contributed by atoms with Crippen LogP contribution in [0.3, 0.4) is 0 Å². The first-order chi connectivity index (χ1) is 13.4. The maximum Gasteiger partial charge on any atom is 0.257 e. The molecule has 0 amide bonds. The summed E-state index contributed by atoms with van der Waals surface area (Å²) in [5, 5.41) is 3.46. The van der Waals surface area contributed by atoms with Crippen LogP contribution in [0.4, 0.5) is 11.6 Å². The second kappa shape index (κ2) is 9.71. The fourth-order valence-corrected chi connectivity index (χ4v) is 3.13. The van der Waals surface area contributed by atoms with E-state index in [0.717, 1.165) is 42.0 Å². The molecule has 0 aliphatic heterocycles. The highest BCUT2D eigenvalue weighted by molar-refractivity contribution is 5.69. The molecule has 2 heterocycles. The van der Waals surface area contributed by atoms with Gasteiger partial charge in [0.2, 0.25) is 0 Å². The van der Waals surface area contributed by atoms with Gasteiger partial charge in [-0.15, -0.1) is 0 Å². The number of nitrogens with one attached hydrogen (secondary N) is 1. The molecule has 0 unspecified atom stereocenters. The molecule has 154 valence electrons. The van der Waals surface area contributed by atoms with E-state index in [1.165, 1.54) is 5.56 Å². The van der Waals surface area contributed by atoms with Crippen molar-refractivity contribution < 1.29 is 4.74 Å². The van der Waals surface area contributed by atoms with Crippen LogP contribution in [-0.2, 0) is 6.42 Å². The number of hydrogen-bond acceptors (Lipinski definition) is 6. The van der Waals surface area contributed by atoms with Gasteiger partial charge in [0.15, 0.2) is 5.82 Å². The number of hydrogen-bond donors (Lipinski definition) is 1. The zero-order chi connectivity index (χ0) is 20.8. The van der Waals surface area contributed by atoms with E-state index in [2.05, 4.69) is 62.9 Å². The summed E-state index contributed by atoms with van der Waals surface area (Å²) in [6.45, 7) is 12.8. The molecule has 0 radical (unpaired) electrons. The fraction of sp³-hybridized carbons (Fsp3) is 0.591. The first kappa shape index (κ1) is 21.9. The third-order valence-electron chi connectivity index (χ3n) is 5.31. The van der Waals surface area contributed by atoms with Gasteiger partial charge in [-0.2, -0.15) is 0 Å². The molecule has 0 atom stereocenters. The summed E-state index contributed by atoms with van der Waals surface area (Å²) < 4.78 is 5.55. The van der Waals surface area contributed by atoms with Crippen molar-refractivity contribution in [3.05, 3.63) is 23.5 Å². The van der Waals surface area contributed by atoms with Crippen molar-refractivity contribution in [3.63, 3.8) is 0 Å². The molecule has 2 aromatic heterocycles. The number of rotatable bonds is 9. The number of ether oxygens (including phenoxy) is 1. The van der Waals surface area contributed by atoms with Crippen LogP contribution >= 0.6 is 0 Å². The van der Waals surface area contributed by atoms with Gasteiger partial charge < -0.3 is 15.0 Å². The Morgan fingerprint density at radius 3 is 2.36 bits per heavy atom. The Bertz CT molecular complexity index is 787. The van der Waals surface area contributed by atoms with Crippen molar-refractivity contribution in [2.24, 2.45) is 0 Å². The predicted octanol–water partition coefficient (Wildman–Crippen LogP) is 4.86. The lowest BCUT2D eigenvalue weighted by Crippen LogP contribution is -2.26. The molecule has 6 nitrogen and oxygen atoms in total. The zero-order valence-electron chi connectivity index (χ0n) is 18.6. The first-order valence-electron chi connectivity index (χ1n) is 10.3. The molecule has 0 aromatic carbocycles. The highest BCUT2D eigenvalue weighted by Gasteiger charge is 2.18. The second-order valence-electron chi connectivity index (χ2n) is 7.43. The van der Waals surface area contributed by atoms with Crippen LogP contribution in [0.5, 0.6) is 5.88 Å². The molecule has 28 heavy (non-hydrogen) atoms. The number of pyridine rings is 1. The van der Waals surface area contributed by atoms with E-state index in [4.69, 9.17) is 14.7 Å². The van der Waals surface area contributed by atoms with Crippen LogP contribution < -0.4 is 15.0 Å². The molecular weight excluding hydrogens is 350 g/mol. The van der Waals surface area contributed by atoms with Crippen molar-refractivity contribution >= 4 is 11.6 Å². The Kier molecular flexibility index (Phi) is 7.61. The standard InChI is InChI=1S/C22H35N5O/c1-9-16-12-19(27(7)14(4)5)23-13-18(16)20-15(6)24-21(22(26-20)28-8)25-17(10-2)11-3/h12-14,17H,9-11H2,1-8H3,(H,24,25). The van der Waals surface area contributed by atoms with E-state index in [1.54, 1.807) is 7.11 Å². The Morgan fingerprint density at radius 2 is 1.82 bits per heavy atom. The van der Waals surface area contributed by atoms with Crippen molar-refractivity contribution in [1.82, 2.24) is 15.0 Å². The maximum absolute atomic E-state index is 5.55. The van der Waals surface area contributed by atoms with E-state index in [0.29, 0.717) is 23.8 Å². The van der Waals surface area contributed by atoms with E-state index >= 15 is 0 Å². The molecule has 2 rings (SSSR count). The predicted molar refractivity (Wildman–Crippen MR) is 117 cm³/mol. The molecule has 6 heteroatoms. The minimum absolute atomic E-state index is 0.354. The number of aromatic nitrogens is 3. The van der Waals surface area contributed by atoms with Gasteiger partial charge in [-0.1, -0.05) is 20.8 Å². The smallest absolute Gasteiger partial charge is 0.257 e. The van der Waals surface area contributed by atoms with Gasteiger partial charge >= 0.3 is 0 Å². The van der Waals surface area contributed by atoms with Crippen LogP contribution in [0.15, 0.2) is 12.3 Å².